The SMILES string of the molecule is CC1CCCC(Oc2ccc(C#N)cc2N)C1. The normalized spacial score (nSPS) is 24.0. The molecule has 0 saturated heterocycles. The highest BCUT2D eigenvalue weighted by atomic mass is 16.5. The molecular weight excluding hydrogens is 212 g/mol. The molecule has 1 aromatic carbocycles. The van der Waals surface area contributed by atoms with Gasteiger partial charge in [-0.05, 0) is 43.4 Å². The highest BCUT2D eigenvalue weighted by Gasteiger charge is 2.20. The van der Waals surface area contributed by atoms with E-state index in [0.717, 1.165) is 18.8 Å². The third-order valence-electron chi connectivity index (χ3n) is 3.32. The second-order valence-electron chi connectivity index (χ2n) is 4.88. The summed E-state index contributed by atoms with van der Waals surface area (Å²) in [7, 11) is 0. The first-order valence-corrected chi connectivity index (χ1v) is 6.15. The lowest BCUT2D eigenvalue weighted by molar-refractivity contribution is 0.130. The van der Waals surface area contributed by atoms with E-state index in [9.17, 15) is 0 Å². The van der Waals surface area contributed by atoms with Crippen molar-refractivity contribution in [2.24, 2.45) is 5.92 Å². The second-order valence-corrected chi connectivity index (χ2v) is 4.88. The molecule has 0 aromatic heterocycles. The van der Waals surface area contributed by atoms with Crippen LogP contribution in [0.1, 0.15) is 38.2 Å². The predicted molar refractivity (Wildman–Crippen MR) is 67.6 cm³/mol. The monoisotopic (exact) mass is 230 g/mol. The van der Waals surface area contributed by atoms with E-state index in [1.165, 1.54) is 12.8 Å². The molecule has 0 heterocycles. The first-order valence-electron chi connectivity index (χ1n) is 6.15. The lowest BCUT2D eigenvalue weighted by Gasteiger charge is -2.27. The topological polar surface area (TPSA) is 59.0 Å². The number of hydrogen-bond acceptors (Lipinski definition) is 3. The fraction of sp³-hybridized carbons (Fsp3) is 0.500. The molecule has 0 spiro atoms. The Hall–Kier alpha value is -1.69. The summed E-state index contributed by atoms with van der Waals surface area (Å²) < 4.78 is 5.92. The van der Waals surface area contributed by atoms with Crippen LogP contribution in [0, 0.1) is 17.2 Å². The Morgan fingerprint density at radius 1 is 1.41 bits per heavy atom. The second kappa shape index (κ2) is 5.09. The Bertz CT molecular complexity index is 436. The van der Waals surface area contributed by atoms with Gasteiger partial charge >= 0.3 is 0 Å². The number of rotatable bonds is 2. The van der Waals surface area contributed by atoms with Crippen LogP contribution in [0.4, 0.5) is 5.69 Å². The minimum atomic E-state index is 0.272. The third-order valence-corrected chi connectivity index (χ3v) is 3.32. The highest BCUT2D eigenvalue weighted by molar-refractivity contribution is 5.56. The molecule has 0 bridgehead atoms. The zero-order valence-electron chi connectivity index (χ0n) is 10.1. The maximum Gasteiger partial charge on any atom is 0.142 e. The molecule has 2 atom stereocenters. The van der Waals surface area contributed by atoms with Crippen molar-refractivity contribution in [1.82, 2.24) is 0 Å². The van der Waals surface area contributed by atoms with E-state index in [0.29, 0.717) is 17.0 Å². The number of hydrogen-bond donors (Lipinski definition) is 1. The summed E-state index contributed by atoms with van der Waals surface area (Å²) in [6.07, 6.45) is 4.99. The van der Waals surface area contributed by atoms with Crippen molar-refractivity contribution in [3.8, 4) is 11.8 Å². The zero-order chi connectivity index (χ0) is 12.3. The van der Waals surface area contributed by atoms with Crippen molar-refractivity contribution in [3.05, 3.63) is 23.8 Å². The van der Waals surface area contributed by atoms with Crippen LogP contribution in [0.25, 0.3) is 0 Å². The standard InChI is InChI=1S/C14H18N2O/c1-10-3-2-4-12(7-10)17-14-6-5-11(9-15)8-13(14)16/h5-6,8,10,12H,2-4,7,16H2,1H3. The fourth-order valence-corrected chi connectivity index (χ4v) is 2.39. The van der Waals surface area contributed by atoms with Crippen LogP contribution in [-0.4, -0.2) is 6.10 Å². The molecule has 90 valence electrons. The van der Waals surface area contributed by atoms with E-state index in [1.54, 1.807) is 18.2 Å². The van der Waals surface area contributed by atoms with Gasteiger partial charge in [-0.1, -0.05) is 13.3 Å². The van der Waals surface area contributed by atoms with Gasteiger partial charge in [0.25, 0.3) is 0 Å². The van der Waals surface area contributed by atoms with E-state index < -0.39 is 0 Å². The number of nitrogens with two attached hydrogens (primary N) is 1. The van der Waals surface area contributed by atoms with E-state index in [1.807, 2.05) is 0 Å². The van der Waals surface area contributed by atoms with Gasteiger partial charge in [-0.3, -0.25) is 0 Å². The Balaban J connectivity index is 2.06. The number of benzene rings is 1. The van der Waals surface area contributed by atoms with Gasteiger partial charge in [0.15, 0.2) is 0 Å². The van der Waals surface area contributed by atoms with Crippen LogP contribution < -0.4 is 10.5 Å². The fourth-order valence-electron chi connectivity index (χ4n) is 2.39. The van der Waals surface area contributed by atoms with Crippen LogP contribution >= 0.6 is 0 Å². The molecule has 0 radical (unpaired) electrons. The summed E-state index contributed by atoms with van der Waals surface area (Å²) in [5.74, 6) is 1.44. The van der Waals surface area contributed by atoms with E-state index in [-0.39, 0.29) is 6.10 Å². The maximum absolute atomic E-state index is 8.76. The summed E-state index contributed by atoms with van der Waals surface area (Å²) in [6, 6.07) is 7.29. The quantitative estimate of drug-likeness (QED) is 0.794. The molecule has 3 heteroatoms. The third kappa shape index (κ3) is 2.91. The molecule has 0 amide bonds. The Labute approximate surface area is 102 Å². The molecule has 1 aliphatic carbocycles. The molecule has 1 saturated carbocycles. The van der Waals surface area contributed by atoms with Gasteiger partial charge in [-0.15, -0.1) is 0 Å². The number of nitriles is 1. The van der Waals surface area contributed by atoms with E-state index in [4.69, 9.17) is 15.7 Å². The van der Waals surface area contributed by atoms with Gasteiger partial charge in [-0.2, -0.15) is 5.26 Å². The van der Waals surface area contributed by atoms with Crippen molar-refractivity contribution in [2.75, 3.05) is 5.73 Å². The summed E-state index contributed by atoms with van der Waals surface area (Å²) in [5.41, 5.74) is 7.01. The summed E-state index contributed by atoms with van der Waals surface area (Å²) in [5, 5.41) is 8.76. The van der Waals surface area contributed by atoms with Gasteiger partial charge in [0, 0.05) is 0 Å². The summed E-state index contributed by atoms with van der Waals surface area (Å²) in [6.45, 7) is 2.26. The Morgan fingerprint density at radius 3 is 2.88 bits per heavy atom. The van der Waals surface area contributed by atoms with Crippen molar-refractivity contribution < 1.29 is 4.74 Å². The van der Waals surface area contributed by atoms with Gasteiger partial charge in [0.2, 0.25) is 0 Å². The lowest BCUT2D eigenvalue weighted by Crippen LogP contribution is -2.24. The number of anilines is 1. The average molecular weight is 230 g/mol. The van der Waals surface area contributed by atoms with Crippen molar-refractivity contribution >= 4 is 5.69 Å². The molecule has 0 aliphatic heterocycles. The molecule has 17 heavy (non-hydrogen) atoms. The minimum absolute atomic E-state index is 0.272. The van der Waals surface area contributed by atoms with Crippen molar-refractivity contribution in [1.29, 1.82) is 5.26 Å². The largest absolute Gasteiger partial charge is 0.488 e. The minimum Gasteiger partial charge on any atom is -0.488 e. The Morgan fingerprint density at radius 2 is 2.24 bits per heavy atom. The summed E-state index contributed by atoms with van der Waals surface area (Å²) >= 11 is 0. The van der Waals surface area contributed by atoms with Crippen LogP contribution in [0.5, 0.6) is 5.75 Å². The number of nitrogens with zero attached hydrogens (tertiary/aromatic N) is 1. The molecule has 1 fully saturated rings. The van der Waals surface area contributed by atoms with Crippen molar-refractivity contribution in [2.45, 2.75) is 38.7 Å². The Kier molecular flexibility index (Phi) is 3.53. The number of ether oxygens (including phenoxy) is 1. The van der Waals surface area contributed by atoms with Crippen LogP contribution in [-0.2, 0) is 0 Å². The molecule has 2 N–H and O–H groups in total. The number of nitrogen functional groups attached to an aromatic ring is 1. The van der Waals surface area contributed by atoms with Crippen molar-refractivity contribution in [3.63, 3.8) is 0 Å². The zero-order valence-corrected chi connectivity index (χ0v) is 10.1. The van der Waals surface area contributed by atoms with Gasteiger partial charge < -0.3 is 10.5 Å². The van der Waals surface area contributed by atoms with Gasteiger partial charge in [0.1, 0.15) is 5.75 Å². The maximum atomic E-state index is 8.76. The van der Waals surface area contributed by atoms with Crippen LogP contribution in [0.15, 0.2) is 18.2 Å². The molecule has 2 unspecified atom stereocenters. The molecule has 2 rings (SSSR count). The van der Waals surface area contributed by atoms with E-state index in [2.05, 4.69) is 13.0 Å². The molecule has 1 aromatic rings. The molecule has 1 aliphatic rings. The lowest BCUT2D eigenvalue weighted by atomic mass is 9.89. The smallest absolute Gasteiger partial charge is 0.142 e. The molecule has 3 nitrogen and oxygen atoms in total. The van der Waals surface area contributed by atoms with E-state index >= 15 is 0 Å². The predicted octanol–water partition coefficient (Wildman–Crippen LogP) is 3.10. The average Bonchev–Trinajstić information content (AvgIpc) is 2.32. The van der Waals surface area contributed by atoms with Gasteiger partial charge in [-0.25, -0.2) is 0 Å². The first-order chi connectivity index (χ1) is 8.19. The van der Waals surface area contributed by atoms with Crippen LogP contribution in [0.3, 0.4) is 0 Å². The molecular formula is C14H18N2O. The summed E-state index contributed by atoms with van der Waals surface area (Å²) in [4.78, 5) is 0. The first kappa shape index (κ1) is 11.8. The van der Waals surface area contributed by atoms with Gasteiger partial charge in [0.05, 0.1) is 23.4 Å². The van der Waals surface area contributed by atoms with Crippen LogP contribution in [0.2, 0.25) is 0 Å². The highest BCUT2D eigenvalue weighted by Crippen LogP contribution is 2.30.